The molecule has 0 aromatic heterocycles. The van der Waals surface area contributed by atoms with Crippen molar-refractivity contribution in [1.29, 1.82) is 0 Å². The van der Waals surface area contributed by atoms with Gasteiger partial charge in [0.2, 0.25) is 5.91 Å². The Labute approximate surface area is 115 Å². The van der Waals surface area contributed by atoms with E-state index in [0.29, 0.717) is 5.75 Å². The number of ether oxygens (including phenoxy) is 3. The van der Waals surface area contributed by atoms with Gasteiger partial charge in [-0.05, 0) is 12.1 Å². The van der Waals surface area contributed by atoms with Crippen LogP contribution in [0.15, 0.2) is 12.1 Å². The topological polar surface area (TPSA) is 73.9 Å². The molecule has 0 unspecified atom stereocenters. The summed E-state index contributed by atoms with van der Waals surface area (Å²) in [6, 6.07) is 2.97. The van der Waals surface area contributed by atoms with Crippen LogP contribution in [-0.4, -0.2) is 39.8 Å². The van der Waals surface area contributed by atoms with Crippen molar-refractivity contribution in [3.63, 3.8) is 0 Å². The lowest BCUT2D eigenvalue weighted by Gasteiger charge is -2.13. The second-order valence-corrected chi connectivity index (χ2v) is 3.86. The minimum Gasteiger partial charge on any atom is -0.495 e. The SMILES string of the molecule is COCC(=O)Nc1c(C(=O)OC)ccc(OC)c1Cl. The molecule has 1 aromatic rings. The molecule has 104 valence electrons. The third-order valence-corrected chi connectivity index (χ3v) is 2.65. The van der Waals surface area contributed by atoms with Gasteiger partial charge < -0.3 is 19.5 Å². The Balaban J connectivity index is 3.22. The number of esters is 1. The van der Waals surface area contributed by atoms with Crippen LogP contribution in [0.5, 0.6) is 5.75 Å². The smallest absolute Gasteiger partial charge is 0.340 e. The zero-order chi connectivity index (χ0) is 14.4. The molecule has 0 aliphatic rings. The minimum absolute atomic E-state index is 0.120. The second-order valence-electron chi connectivity index (χ2n) is 3.48. The van der Waals surface area contributed by atoms with Crippen LogP contribution >= 0.6 is 11.6 Å². The third kappa shape index (κ3) is 3.59. The molecule has 0 saturated heterocycles. The maximum atomic E-state index is 11.6. The molecule has 1 N–H and O–H groups in total. The molecular formula is C12H14ClNO5. The maximum absolute atomic E-state index is 11.6. The highest BCUT2D eigenvalue weighted by atomic mass is 35.5. The van der Waals surface area contributed by atoms with Crippen LogP contribution in [0, 0.1) is 0 Å². The fourth-order valence-electron chi connectivity index (χ4n) is 1.42. The van der Waals surface area contributed by atoms with Gasteiger partial charge in [-0.2, -0.15) is 0 Å². The van der Waals surface area contributed by atoms with E-state index in [1.807, 2.05) is 0 Å². The molecule has 0 aliphatic heterocycles. The van der Waals surface area contributed by atoms with Crippen molar-refractivity contribution < 1.29 is 23.8 Å². The number of nitrogens with one attached hydrogen (secondary N) is 1. The van der Waals surface area contributed by atoms with Gasteiger partial charge in [-0.25, -0.2) is 4.79 Å². The zero-order valence-electron chi connectivity index (χ0n) is 10.8. The lowest BCUT2D eigenvalue weighted by atomic mass is 10.1. The first-order valence-corrected chi connectivity index (χ1v) is 5.66. The molecule has 0 radical (unpaired) electrons. The largest absolute Gasteiger partial charge is 0.495 e. The summed E-state index contributed by atoms with van der Waals surface area (Å²) in [6.07, 6.45) is 0. The number of halogens is 1. The highest BCUT2D eigenvalue weighted by Crippen LogP contribution is 2.35. The highest BCUT2D eigenvalue weighted by molar-refractivity contribution is 6.36. The number of hydrogen-bond donors (Lipinski definition) is 1. The molecule has 7 heteroatoms. The van der Waals surface area contributed by atoms with Crippen LogP contribution in [0.3, 0.4) is 0 Å². The quantitative estimate of drug-likeness (QED) is 0.835. The number of hydrogen-bond acceptors (Lipinski definition) is 5. The van der Waals surface area contributed by atoms with Crippen LogP contribution in [0.1, 0.15) is 10.4 Å². The molecule has 0 aliphatic carbocycles. The van der Waals surface area contributed by atoms with Gasteiger partial charge in [0, 0.05) is 7.11 Å². The van der Waals surface area contributed by atoms with E-state index >= 15 is 0 Å². The van der Waals surface area contributed by atoms with E-state index in [9.17, 15) is 9.59 Å². The number of methoxy groups -OCH3 is 3. The Bertz CT molecular complexity index is 489. The number of carbonyl (C=O) groups is 2. The molecule has 6 nitrogen and oxygen atoms in total. The summed E-state index contributed by atoms with van der Waals surface area (Å²) in [6.45, 7) is -0.159. The molecule has 1 rings (SSSR count). The van der Waals surface area contributed by atoms with Crippen molar-refractivity contribution in [1.82, 2.24) is 0 Å². The zero-order valence-corrected chi connectivity index (χ0v) is 11.5. The molecule has 0 spiro atoms. The molecule has 0 saturated carbocycles. The minimum atomic E-state index is -0.614. The Morgan fingerprint density at radius 3 is 2.47 bits per heavy atom. The van der Waals surface area contributed by atoms with Crippen LogP contribution < -0.4 is 10.1 Å². The predicted molar refractivity (Wildman–Crippen MR) is 69.8 cm³/mol. The molecule has 0 fully saturated rings. The average molecular weight is 288 g/mol. The van der Waals surface area contributed by atoms with E-state index in [1.54, 1.807) is 0 Å². The molecule has 0 atom stereocenters. The van der Waals surface area contributed by atoms with Gasteiger partial charge >= 0.3 is 5.97 Å². The van der Waals surface area contributed by atoms with Crippen LogP contribution in [-0.2, 0) is 14.3 Å². The molecule has 0 heterocycles. The summed E-state index contributed by atoms with van der Waals surface area (Å²) in [4.78, 5) is 23.2. The summed E-state index contributed by atoms with van der Waals surface area (Å²) in [7, 11) is 4.05. The van der Waals surface area contributed by atoms with Gasteiger partial charge in [0.05, 0.1) is 25.5 Å². The highest BCUT2D eigenvalue weighted by Gasteiger charge is 2.20. The van der Waals surface area contributed by atoms with E-state index in [2.05, 4.69) is 10.1 Å². The van der Waals surface area contributed by atoms with Crippen molar-refractivity contribution in [2.45, 2.75) is 0 Å². The lowest BCUT2D eigenvalue weighted by molar-refractivity contribution is -0.119. The Kier molecular flexibility index (Phi) is 5.59. The van der Waals surface area contributed by atoms with Crippen LogP contribution in [0.4, 0.5) is 5.69 Å². The van der Waals surface area contributed by atoms with Crippen molar-refractivity contribution in [2.75, 3.05) is 33.3 Å². The Morgan fingerprint density at radius 1 is 1.26 bits per heavy atom. The third-order valence-electron chi connectivity index (χ3n) is 2.27. The van der Waals surface area contributed by atoms with Gasteiger partial charge in [-0.1, -0.05) is 11.6 Å². The average Bonchev–Trinajstić information content (AvgIpc) is 2.40. The normalized spacial score (nSPS) is 9.89. The number of benzene rings is 1. The van der Waals surface area contributed by atoms with Gasteiger partial charge in [0.15, 0.2) is 0 Å². The Hall–Kier alpha value is -1.79. The molecule has 1 amide bonds. The summed E-state index contributed by atoms with van der Waals surface area (Å²) >= 11 is 6.07. The fraction of sp³-hybridized carbons (Fsp3) is 0.333. The molecule has 19 heavy (non-hydrogen) atoms. The summed E-state index contributed by atoms with van der Waals surface area (Å²) in [5, 5.41) is 2.61. The first-order chi connectivity index (χ1) is 9.04. The van der Waals surface area contributed by atoms with E-state index in [0.717, 1.165) is 0 Å². The molecule has 1 aromatic carbocycles. The predicted octanol–water partition coefficient (Wildman–Crippen LogP) is 1.72. The van der Waals surface area contributed by atoms with E-state index in [1.165, 1.54) is 33.5 Å². The summed E-state index contributed by atoms with van der Waals surface area (Å²) in [5.74, 6) is -0.720. The van der Waals surface area contributed by atoms with E-state index in [4.69, 9.17) is 21.1 Å². The first-order valence-electron chi connectivity index (χ1n) is 5.28. The van der Waals surface area contributed by atoms with Gasteiger partial charge in [-0.15, -0.1) is 0 Å². The molecular weight excluding hydrogens is 274 g/mol. The molecule has 0 bridgehead atoms. The number of anilines is 1. The van der Waals surface area contributed by atoms with Crippen molar-refractivity contribution in [3.05, 3.63) is 22.7 Å². The monoisotopic (exact) mass is 287 g/mol. The fourth-order valence-corrected chi connectivity index (χ4v) is 1.71. The second kappa shape index (κ2) is 6.96. The Morgan fingerprint density at radius 2 is 1.95 bits per heavy atom. The number of rotatable bonds is 5. The van der Waals surface area contributed by atoms with Crippen LogP contribution in [0.2, 0.25) is 5.02 Å². The van der Waals surface area contributed by atoms with E-state index < -0.39 is 11.9 Å². The van der Waals surface area contributed by atoms with Crippen molar-refractivity contribution in [3.8, 4) is 5.75 Å². The summed E-state index contributed by atoms with van der Waals surface area (Å²) in [5.41, 5.74) is 0.271. The summed E-state index contributed by atoms with van der Waals surface area (Å²) < 4.78 is 14.4. The van der Waals surface area contributed by atoms with Crippen molar-refractivity contribution in [2.24, 2.45) is 0 Å². The van der Waals surface area contributed by atoms with Crippen LogP contribution in [0.25, 0.3) is 0 Å². The van der Waals surface area contributed by atoms with E-state index in [-0.39, 0.29) is 22.9 Å². The van der Waals surface area contributed by atoms with Gasteiger partial charge in [0.1, 0.15) is 17.4 Å². The first kappa shape index (κ1) is 15.3. The number of carbonyl (C=O) groups excluding carboxylic acids is 2. The number of amides is 1. The maximum Gasteiger partial charge on any atom is 0.340 e. The lowest BCUT2D eigenvalue weighted by Crippen LogP contribution is -2.20. The van der Waals surface area contributed by atoms with Crippen molar-refractivity contribution >= 4 is 29.2 Å². The van der Waals surface area contributed by atoms with Gasteiger partial charge in [0.25, 0.3) is 0 Å². The van der Waals surface area contributed by atoms with Gasteiger partial charge in [-0.3, -0.25) is 4.79 Å². The standard InChI is InChI=1S/C12H14ClNO5/c1-17-6-9(15)14-11-7(12(16)19-3)4-5-8(18-2)10(11)13/h4-5H,6H2,1-3H3,(H,14,15).